The second-order valence-corrected chi connectivity index (χ2v) is 7.19. The zero-order chi connectivity index (χ0) is 17.9. The van der Waals surface area contributed by atoms with Crippen molar-refractivity contribution in [3.05, 3.63) is 77.7 Å². The highest BCUT2D eigenvalue weighted by Gasteiger charge is 2.16. The highest BCUT2D eigenvalue weighted by molar-refractivity contribution is 7.92. The molecule has 1 aromatic heterocycles. The molecule has 25 heavy (non-hydrogen) atoms. The quantitative estimate of drug-likeness (QED) is 0.704. The minimum absolute atomic E-state index is 0.0136. The lowest BCUT2D eigenvalue weighted by atomic mass is 10.3. The number of carbonyl (C=O) groups excluding carboxylic acids is 1. The molecule has 0 saturated carbocycles. The zero-order valence-electron chi connectivity index (χ0n) is 12.8. The maximum Gasteiger partial charge on any atom is 0.291 e. The fraction of sp³-hybridized carbons (Fsp3) is 0. The van der Waals surface area contributed by atoms with Crippen molar-refractivity contribution < 1.29 is 17.6 Å². The van der Waals surface area contributed by atoms with Gasteiger partial charge in [-0.05, 0) is 54.6 Å². The lowest BCUT2D eigenvalue weighted by molar-refractivity contribution is 0.0996. The molecule has 1 heterocycles. The standard InChI is InChI=1S/C17H13ClN2O4S/c18-12-6-8-13(9-7-12)20-25(22,23)15-4-1-3-14(11-15)19-17(21)16-5-2-10-24-16/h1-11,20H,(H,19,21). The van der Waals surface area contributed by atoms with E-state index in [2.05, 4.69) is 10.0 Å². The van der Waals surface area contributed by atoms with Gasteiger partial charge in [-0.3, -0.25) is 9.52 Å². The van der Waals surface area contributed by atoms with Crippen LogP contribution in [0.3, 0.4) is 0 Å². The highest BCUT2D eigenvalue weighted by atomic mass is 35.5. The van der Waals surface area contributed by atoms with Gasteiger partial charge >= 0.3 is 0 Å². The molecule has 1 amide bonds. The fourth-order valence-corrected chi connectivity index (χ4v) is 3.30. The molecule has 0 fully saturated rings. The van der Waals surface area contributed by atoms with Crippen molar-refractivity contribution in [1.82, 2.24) is 0 Å². The predicted octanol–water partition coefficient (Wildman–Crippen LogP) is 3.99. The van der Waals surface area contributed by atoms with Crippen LogP contribution in [0.4, 0.5) is 11.4 Å². The van der Waals surface area contributed by atoms with Gasteiger partial charge in [0, 0.05) is 16.4 Å². The summed E-state index contributed by atoms with van der Waals surface area (Å²) in [5.41, 5.74) is 0.717. The number of furan rings is 1. The van der Waals surface area contributed by atoms with E-state index in [4.69, 9.17) is 16.0 Å². The molecule has 0 saturated heterocycles. The van der Waals surface area contributed by atoms with Gasteiger partial charge in [0.05, 0.1) is 11.2 Å². The number of nitrogens with one attached hydrogen (secondary N) is 2. The van der Waals surface area contributed by atoms with Crippen molar-refractivity contribution >= 4 is 38.9 Å². The summed E-state index contributed by atoms with van der Waals surface area (Å²) in [6, 6.07) is 15.3. The number of hydrogen-bond donors (Lipinski definition) is 2. The summed E-state index contributed by atoms with van der Waals surface area (Å²) in [6.07, 6.45) is 1.38. The van der Waals surface area contributed by atoms with E-state index in [1.807, 2.05) is 0 Å². The van der Waals surface area contributed by atoms with E-state index in [0.29, 0.717) is 16.4 Å². The van der Waals surface area contributed by atoms with Gasteiger partial charge in [-0.25, -0.2) is 8.42 Å². The van der Waals surface area contributed by atoms with Gasteiger partial charge in [0.25, 0.3) is 15.9 Å². The van der Waals surface area contributed by atoms with Crippen LogP contribution in [-0.2, 0) is 10.0 Å². The van der Waals surface area contributed by atoms with Crippen LogP contribution in [0.5, 0.6) is 0 Å². The zero-order valence-corrected chi connectivity index (χ0v) is 14.3. The third-order valence-corrected chi connectivity index (χ3v) is 4.87. The van der Waals surface area contributed by atoms with E-state index < -0.39 is 15.9 Å². The molecule has 2 aromatic carbocycles. The first-order chi connectivity index (χ1) is 11.9. The molecule has 0 aliphatic carbocycles. The number of amides is 1. The number of anilines is 2. The summed E-state index contributed by atoms with van der Waals surface area (Å²) in [5.74, 6) is -0.335. The van der Waals surface area contributed by atoms with Crippen LogP contribution in [0.1, 0.15) is 10.6 Å². The van der Waals surface area contributed by atoms with Gasteiger partial charge in [-0.1, -0.05) is 17.7 Å². The smallest absolute Gasteiger partial charge is 0.291 e. The average Bonchev–Trinajstić information content (AvgIpc) is 3.12. The molecule has 3 rings (SSSR count). The van der Waals surface area contributed by atoms with E-state index in [1.54, 1.807) is 36.4 Å². The molecular formula is C17H13ClN2O4S. The minimum atomic E-state index is -3.81. The molecule has 0 aliphatic rings. The van der Waals surface area contributed by atoms with E-state index >= 15 is 0 Å². The van der Waals surface area contributed by atoms with E-state index in [0.717, 1.165) is 0 Å². The number of hydrogen-bond acceptors (Lipinski definition) is 4. The second kappa shape index (κ2) is 7.00. The van der Waals surface area contributed by atoms with Gasteiger partial charge in [-0.2, -0.15) is 0 Å². The fourth-order valence-electron chi connectivity index (χ4n) is 2.07. The number of rotatable bonds is 5. The number of benzene rings is 2. The van der Waals surface area contributed by atoms with Crippen LogP contribution in [-0.4, -0.2) is 14.3 Å². The summed E-state index contributed by atoms with van der Waals surface area (Å²) in [5, 5.41) is 3.09. The van der Waals surface area contributed by atoms with Gasteiger partial charge in [0.1, 0.15) is 0 Å². The second-order valence-electron chi connectivity index (χ2n) is 5.07. The molecule has 0 aliphatic heterocycles. The largest absolute Gasteiger partial charge is 0.459 e. The van der Waals surface area contributed by atoms with Crippen molar-refractivity contribution in [2.24, 2.45) is 0 Å². The molecule has 6 nitrogen and oxygen atoms in total. The molecule has 8 heteroatoms. The molecule has 0 atom stereocenters. The lowest BCUT2D eigenvalue weighted by Gasteiger charge is -2.10. The lowest BCUT2D eigenvalue weighted by Crippen LogP contribution is -2.14. The minimum Gasteiger partial charge on any atom is -0.459 e. The molecule has 0 radical (unpaired) electrons. The Hall–Kier alpha value is -2.77. The molecule has 0 unspecified atom stereocenters. The van der Waals surface area contributed by atoms with E-state index in [1.165, 1.54) is 30.5 Å². The Balaban J connectivity index is 1.80. The predicted molar refractivity (Wildman–Crippen MR) is 95.4 cm³/mol. The van der Waals surface area contributed by atoms with Crippen LogP contribution in [0.2, 0.25) is 5.02 Å². The Kier molecular flexibility index (Phi) is 4.78. The van der Waals surface area contributed by atoms with Gasteiger partial charge < -0.3 is 9.73 Å². The molecule has 0 spiro atoms. The van der Waals surface area contributed by atoms with Crippen molar-refractivity contribution in [3.8, 4) is 0 Å². The monoisotopic (exact) mass is 376 g/mol. The van der Waals surface area contributed by atoms with Gasteiger partial charge in [0.2, 0.25) is 0 Å². The first-order valence-electron chi connectivity index (χ1n) is 7.17. The normalized spacial score (nSPS) is 11.1. The van der Waals surface area contributed by atoms with Crippen molar-refractivity contribution in [1.29, 1.82) is 0 Å². The Morgan fingerprint density at radius 2 is 1.72 bits per heavy atom. The Morgan fingerprint density at radius 1 is 0.960 bits per heavy atom. The molecular weight excluding hydrogens is 364 g/mol. The summed E-state index contributed by atoms with van der Waals surface area (Å²) in [6.45, 7) is 0. The van der Waals surface area contributed by atoms with Crippen molar-refractivity contribution in [3.63, 3.8) is 0 Å². The van der Waals surface area contributed by atoms with E-state index in [-0.39, 0.29) is 10.7 Å². The number of carbonyl (C=O) groups is 1. The topological polar surface area (TPSA) is 88.4 Å². The van der Waals surface area contributed by atoms with Gasteiger partial charge in [0.15, 0.2) is 5.76 Å². The summed E-state index contributed by atoms with van der Waals surface area (Å²) in [4.78, 5) is 12.0. The maximum atomic E-state index is 12.5. The molecule has 3 aromatic rings. The van der Waals surface area contributed by atoms with E-state index in [9.17, 15) is 13.2 Å². The third-order valence-electron chi connectivity index (χ3n) is 3.24. The Labute approximate surface area is 149 Å². The SMILES string of the molecule is O=C(Nc1cccc(S(=O)(=O)Nc2ccc(Cl)cc2)c1)c1ccco1. The molecule has 0 bridgehead atoms. The first kappa shape index (κ1) is 17.1. The Bertz CT molecular complexity index is 984. The van der Waals surface area contributed by atoms with Crippen LogP contribution >= 0.6 is 11.6 Å². The van der Waals surface area contributed by atoms with Crippen LogP contribution in [0.25, 0.3) is 0 Å². The summed E-state index contributed by atoms with van der Waals surface area (Å²) >= 11 is 5.79. The van der Waals surface area contributed by atoms with Crippen molar-refractivity contribution in [2.75, 3.05) is 10.0 Å². The molecule has 128 valence electrons. The van der Waals surface area contributed by atoms with Crippen LogP contribution in [0.15, 0.2) is 76.2 Å². The van der Waals surface area contributed by atoms with Crippen molar-refractivity contribution in [2.45, 2.75) is 4.90 Å². The number of sulfonamides is 1. The first-order valence-corrected chi connectivity index (χ1v) is 9.03. The Morgan fingerprint density at radius 3 is 2.40 bits per heavy atom. The van der Waals surface area contributed by atoms with Crippen LogP contribution < -0.4 is 10.0 Å². The van der Waals surface area contributed by atoms with Crippen LogP contribution in [0, 0.1) is 0 Å². The van der Waals surface area contributed by atoms with Gasteiger partial charge in [-0.15, -0.1) is 0 Å². The molecule has 2 N–H and O–H groups in total. The summed E-state index contributed by atoms with van der Waals surface area (Å²) < 4.78 is 32.4. The number of halogens is 1. The highest BCUT2D eigenvalue weighted by Crippen LogP contribution is 2.21. The average molecular weight is 377 g/mol. The summed E-state index contributed by atoms with van der Waals surface area (Å²) in [7, 11) is -3.81. The maximum absolute atomic E-state index is 12.5. The third kappa shape index (κ3) is 4.20.